The number of methoxy groups -OCH3 is 1. The zero-order valence-electron chi connectivity index (χ0n) is 8.78. The van der Waals surface area contributed by atoms with E-state index in [1.165, 1.54) is 7.11 Å². The number of carbonyl (C=O) groups excluding carboxylic acids is 1. The highest BCUT2D eigenvalue weighted by atomic mass is 16.5. The fourth-order valence-electron chi connectivity index (χ4n) is 1.76. The maximum atomic E-state index is 11.3. The maximum absolute atomic E-state index is 11.3. The summed E-state index contributed by atoms with van der Waals surface area (Å²) in [7, 11) is 1.31. The Morgan fingerprint density at radius 1 is 1.64 bits per heavy atom. The van der Waals surface area contributed by atoms with Gasteiger partial charge in [-0.05, 0) is 18.4 Å². The van der Waals surface area contributed by atoms with E-state index < -0.39 is 5.97 Å². The van der Waals surface area contributed by atoms with Crippen LogP contribution < -0.4 is 0 Å². The molecule has 1 N–H and O–H groups in total. The highest BCUT2D eigenvalue weighted by Gasteiger charge is 2.27. The normalized spacial score (nSPS) is 26.5. The van der Waals surface area contributed by atoms with Crippen molar-refractivity contribution in [3.63, 3.8) is 0 Å². The van der Waals surface area contributed by atoms with Crippen LogP contribution in [0.25, 0.3) is 0 Å². The van der Waals surface area contributed by atoms with Gasteiger partial charge in [0.25, 0.3) is 0 Å². The molecule has 0 aromatic rings. The Morgan fingerprint density at radius 2 is 2.29 bits per heavy atom. The first kappa shape index (κ1) is 10.8. The number of carbonyl (C=O) groups is 1. The van der Waals surface area contributed by atoms with Crippen LogP contribution in [0.2, 0.25) is 0 Å². The standard InChI is InChI=1S/C11H16O3/c1-4-8-7(2)5-6-9(10(8)12)11(13)14-3/h5-8,12H,4H2,1-3H3/t7-,8-/m1/s1. The van der Waals surface area contributed by atoms with Gasteiger partial charge in [0.1, 0.15) is 5.76 Å². The second-order valence-corrected chi connectivity index (χ2v) is 3.52. The van der Waals surface area contributed by atoms with Crippen LogP contribution in [0.15, 0.2) is 23.5 Å². The largest absolute Gasteiger partial charge is 0.511 e. The van der Waals surface area contributed by atoms with Crippen molar-refractivity contribution in [1.29, 1.82) is 0 Å². The van der Waals surface area contributed by atoms with Gasteiger partial charge in [-0.1, -0.05) is 19.9 Å². The van der Waals surface area contributed by atoms with Gasteiger partial charge in [-0.3, -0.25) is 0 Å². The zero-order chi connectivity index (χ0) is 10.7. The van der Waals surface area contributed by atoms with E-state index in [4.69, 9.17) is 0 Å². The minimum Gasteiger partial charge on any atom is -0.511 e. The van der Waals surface area contributed by atoms with E-state index in [-0.39, 0.29) is 23.2 Å². The van der Waals surface area contributed by atoms with E-state index in [2.05, 4.69) is 4.74 Å². The first-order valence-electron chi connectivity index (χ1n) is 4.81. The molecule has 14 heavy (non-hydrogen) atoms. The molecule has 0 aromatic heterocycles. The summed E-state index contributed by atoms with van der Waals surface area (Å²) in [5.41, 5.74) is 0.289. The van der Waals surface area contributed by atoms with Crippen LogP contribution in [0.3, 0.4) is 0 Å². The molecule has 0 radical (unpaired) electrons. The molecule has 0 aromatic carbocycles. The molecule has 78 valence electrons. The average Bonchev–Trinajstić information content (AvgIpc) is 2.18. The van der Waals surface area contributed by atoms with E-state index in [0.29, 0.717) is 0 Å². The molecule has 0 heterocycles. The van der Waals surface area contributed by atoms with Crippen LogP contribution in [-0.2, 0) is 9.53 Å². The fourth-order valence-corrected chi connectivity index (χ4v) is 1.76. The predicted molar refractivity (Wildman–Crippen MR) is 53.8 cm³/mol. The van der Waals surface area contributed by atoms with Gasteiger partial charge in [0, 0.05) is 5.92 Å². The van der Waals surface area contributed by atoms with E-state index >= 15 is 0 Å². The molecule has 0 unspecified atom stereocenters. The fraction of sp³-hybridized carbons (Fsp3) is 0.545. The molecule has 3 heteroatoms. The molecule has 0 bridgehead atoms. The molecule has 0 saturated carbocycles. The Kier molecular flexibility index (Phi) is 3.33. The van der Waals surface area contributed by atoms with Crippen LogP contribution in [0.4, 0.5) is 0 Å². The lowest BCUT2D eigenvalue weighted by molar-refractivity contribution is -0.136. The lowest BCUT2D eigenvalue weighted by Gasteiger charge is -2.24. The molecule has 3 nitrogen and oxygen atoms in total. The van der Waals surface area contributed by atoms with Gasteiger partial charge in [0.15, 0.2) is 0 Å². The molecular formula is C11H16O3. The number of aliphatic hydroxyl groups is 1. The van der Waals surface area contributed by atoms with Crippen LogP contribution in [0.5, 0.6) is 0 Å². The number of rotatable bonds is 2. The second kappa shape index (κ2) is 4.31. The van der Waals surface area contributed by atoms with E-state index in [9.17, 15) is 9.90 Å². The molecule has 1 rings (SSSR count). The van der Waals surface area contributed by atoms with Crippen LogP contribution >= 0.6 is 0 Å². The zero-order valence-corrected chi connectivity index (χ0v) is 8.78. The minimum atomic E-state index is -0.468. The Hall–Kier alpha value is -1.25. The third-order valence-electron chi connectivity index (χ3n) is 2.67. The first-order chi connectivity index (χ1) is 6.61. The Morgan fingerprint density at radius 3 is 2.79 bits per heavy atom. The summed E-state index contributed by atoms with van der Waals surface area (Å²) < 4.78 is 4.58. The number of ether oxygens (including phenoxy) is 1. The smallest absolute Gasteiger partial charge is 0.341 e. The van der Waals surface area contributed by atoms with Gasteiger partial charge in [0.05, 0.1) is 12.7 Å². The lowest BCUT2D eigenvalue weighted by atomic mass is 9.83. The van der Waals surface area contributed by atoms with Gasteiger partial charge >= 0.3 is 5.97 Å². The lowest BCUT2D eigenvalue weighted by Crippen LogP contribution is -2.20. The summed E-state index contributed by atoms with van der Waals surface area (Å²) in [4.78, 5) is 11.3. The van der Waals surface area contributed by atoms with Gasteiger partial charge in [-0.25, -0.2) is 4.79 Å². The topological polar surface area (TPSA) is 46.5 Å². The SMILES string of the molecule is CC[C@H]1C(O)=C(C(=O)OC)C=C[C@H]1C. The molecule has 0 spiro atoms. The molecule has 0 fully saturated rings. The molecule has 1 aliphatic rings. The number of aliphatic hydroxyl groups excluding tert-OH is 1. The Bertz CT molecular complexity index is 289. The summed E-state index contributed by atoms with van der Waals surface area (Å²) in [6.07, 6.45) is 4.38. The van der Waals surface area contributed by atoms with Gasteiger partial charge in [-0.2, -0.15) is 0 Å². The third-order valence-corrected chi connectivity index (χ3v) is 2.67. The van der Waals surface area contributed by atoms with Crippen molar-refractivity contribution in [2.24, 2.45) is 11.8 Å². The average molecular weight is 196 g/mol. The van der Waals surface area contributed by atoms with E-state index in [1.54, 1.807) is 6.08 Å². The van der Waals surface area contributed by atoms with Crippen molar-refractivity contribution in [3.8, 4) is 0 Å². The molecular weight excluding hydrogens is 180 g/mol. The van der Waals surface area contributed by atoms with E-state index in [0.717, 1.165) is 6.42 Å². The number of esters is 1. The monoisotopic (exact) mass is 196 g/mol. The molecule has 0 amide bonds. The van der Waals surface area contributed by atoms with Crippen molar-refractivity contribution < 1.29 is 14.6 Å². The number of hydrogen-bond donors (Lipinski definition) is 1. The van der Waals surface area contributed by atoms with Crippen molar-refractivity contribution in [2.75, 3.05) is 7.11 Å². The number of hydrogen-bond acceptors (Lipinski definition) is 3. The van der Waals surface area contributed by atoms with Crippen LogP contribution in [-0.4, -0.2) is 18.2 Å². The highest BCUT2D eigenvalue weighted by molar-refractivity contribution is 5.92. The summed E-state index contributed by atoms with van der Waals surface area (Å²) in [5, 5.41) is 9.83. The van der Waals surface area contributed by atoms with Crippen molar-refractivity contribution in [1.82, 2.24) is 0 Å². The Labute approximate surface area is 84.1 Å². The van der Waals surface area contributed by atoms with Crippen LogP contribution in [0.1, 0.15) is 20.3 Å². The summed E-state index contributed by atoms with van der Waals surface area (Å²) in [6.45, 7) is 4.01. The Balaban J connectivity index is 3.00. The van der Waals surface area contributed by atoms with E-state index in [1.807, 2.05) is 19.9 Å². The van der Waals surface area contributed by atoms with Gasteiger partial charge in [-0.15, -0.1) is 0 Å². The molecule has 0 saturated heterocycles. The third kappa shape index (κ3) is 1.81. The molecule has 2 atom stereocenters. The first-order valence-corrected chi connectivity index (χ1v) is 4.81. The van der Waals surface area contributed by atoms with Crippen LogP contribution in [0, 0.1) is 11.8 Å². The second-order valence-electron chi connectivity index (χ2n) is 3.52. The number of allylic oxidation sites excluding steroid dienone is 2. The quantitative estimate of drug-likeness (QED) is 0.689. The van der Waals surface area contributed by atoms with Crippen molar-refractivity contribution in [2.45, 2.75) is 20.3 Å². The minimum absolute atomic E-state index is 0.0362. The van der Waals surface area contributed by atoms with Gasteiger partial charge < -0.3 is 9.84 Å². The summed E-state index contributed by atoms with van der Waals surface area (Å²) in [6, 6.07) is 0. The van der Waals surface area contributed by atoms with Crippen molar-refractivity contribution in [3.05, 3.63) is 23.5 Å². The maximum Gasteiger partial charge on any atom is 0.341 e. The highest BCUT2D eigenvalue weighted by Crippen LogP contribution is 2.30. The molecule has 0 aliphatic heterocycles. The summed E-state index contributed by atoms with van der Waals surface area (Å²) in [5.74, 6) is 0.000885. The van der Waals surface area contributed by atoms with Crippen molar-refractivity contribution >= 4 is 5.97 Å². The predicted octanol–water partition coefficient (Wildman–Crippen LogP) is 2.20. The van der Waals surface area contributed by atoms with Gasteiger partial charge in [0.2, 0.25) is 0 Å². The molecule has 1 aliphatic carbocycles. The summed E-state index contributed by atoms with van der Waals surface area (Å²) >= 11 is 0.